The van der Waals surface area contributed by atoms with E-state index in [1.165, 1.54) is 24.0 Å². The van der Waals surface area contributed by atoms with Crippen LogP contribution in [0.5, 0.6) is 0 Å². The maximum atomic E-state index is 10.8. The van der Waals surface area contributed by atoms with Crippen molar-refractivity contribution in [3.63, 3.8) is 0 Å². The molecule has 0 amide bonds. The summed E-state index contributed by atoms with van der Waals surface area (Å²) in [5.41, 5.74) is 2.39. The van der Waals surface area contributed by atoms with Gasteiger partial charge in [-0.05, 0) is 54.6 Å². The van der Waals surface area contributed by atoms with E-state index >= 15 is 0 Å². The Morgan fingerprint density at radius 3 is 2.43 bits per heavy atom. The Labute approximate surface area is 130 Å². The van der Waals surface area contributed by atoms with Crippen molar-refractivity contribution in [2.24, 2.45) is 23.7 Å². The highest BCUT2D eigenvalue weighted by molar-refractivity contribution is 5.63. The van der Waals surface area contributed by atoms with Gasteiger partial charge in [0.05, 0.1) is 6.10 Å². The van der Waals surface area contributed by atoms with Gasteiger partial charge in [-0.25, -0.2) is 0 Å². The Bertz CT molecular complexity index is 460. The highest BCUT2D eigenvalue weighted by Crippen LogP contribution is 2.40. The molecular weight excluding hydrogens is 256 g/mol. The van der Waals surface area contributed by atoms with Gasteiger partial charge in [-0.2, -0.15) is 0 Å². The minimum Gasteiger partial charge on any atom is -0.389 e. The predicted octanol–water partition coefficient (Wildman–Crippen LogP) is 5.16. The monoisotopic (exact) mass is 286 g/mol. The van der Waals surface area contributed by atoms with Crippen molar-refractivity contribution in [3.8, 4) is 0 Å². The molecule has 1 aromatic rings. The van der Waals surface area contributed by atoms with E-state index in [9.17, 15) is 5.11 Å². The molecule has 1 nitrogen and oxygen atoms in total. The second-order valence-corrected chi connectivity index (χ2v) is 7.20. The van der Waals surface area contributed by atoms with Crippen LogP contribution in [0.2, 0.25) is 0 Å². The van der Waals surface area contributed by atoms with E-state index in [2.05, 4.69) is 58.0 Å². The molecule has 1 aliphatic carbocycles. The highest BCUT2D eigenvalue weighted by atomic mass is 16.3. The van der Waals surface area contributed by atoms with Gasteiger partial charge in [0, 0.05) is 0 Å². The van der Waals surface area contributed by atoms with Crippen molar-refractivity contribution >= 4 is 5.57 Å². The van der Waals surface area contributed by atoms with E-state index in [0.29, 0.717) is 17.8 Å². The fraction of sp³-hybridized carbons (Fsp3) is 0.600. The maximum Gasteiger partial charge on any atom is 0.0757 e. The third-order valence-electron chi connectivity index (χ3n) is 5.16. The van der Waals surface area contributed by atoms with Crippen molar-refractivity contribution in [2.45, 2.75) is 53.1 Å². The first-order valence-corrected chi connectivity index (χ1v) is 8.41. The van der Waals surface area contributed by atoms with Crippen LogP contribution in [0.3, 0.4) is 0 Å². The minimum atomic E-state index is -0.319. The van der Waals surface area contributed by atoms with Gasteiger partial charge < -0.3 is 5.11 Å². The number of hydrogen-bond acceptors (Lipinski definition) is 1. The summed E-state index contributed by atoms with van der Waals surface area (Å²) in [5.74, 6) is 2.45. The first-order valence-electron chi connectivity index (χ1n) is 8.41. The number of benzene rings is 1. The van der Waals surface area contributed by atoms with Gasteiger partial charge in [-0.15, -0.1) is 0 Å². The topological polar surface area (TPSA) is 20.2 Å². The molecule has 1 N–H and O–H groups in total. The molecule has 2 rings (SSSR count). The smallest absolute Gasteiger partial charge is 0.0757 e. The summed E-state index contributed by atoms with van der Waals surface area (Å²) in [4.78, 5) is 0. The molecule has 1 fully saturated rings. The fourth-order valence-electron chi connectivity index (χ4n) is 3.85. The van der Waals surface area contributed by atoms with Crippen LogP contribution in [0.1, 0.15) is 52.5 Å². The molecule has 1 aliphatic rings. The number of aliphatic hydroxyl groups excluding tert-OH is 1. The van der Waals surface area contributed by atoms with E-state index < -0.39 is 0 Å². The molecule has 0 saturated heterocycles. The molecule has 1 saturated carbocycles. The Hall–Kier alpha value is -1.08. The predicted molar refractivity (Wildman–Crippen MR) is 90.9 cm³/mol. The summed E-state index contributed by atoms with van der Waals surface area (Å²) in [6.07, 6.45) is 5.49. The molecule has 1 aromatic carbocycles. The SMILES string of the molecule is C/C(=C\[C@H](O)[C@@H]1C[C@H](C)CC[C@@H]1C(C)C)c1ccccc1. The average Bonchev–Trinajstić information content (AvgIpc) is 2.47. The lowest BCUT2D eigenvalue weighted by molar-refractivity contribution is 0.0429. The van der Waals surface area contributed by atoms with Crippen LogP contribution in [0, 0.1) is 23.7 Å². The zero-order valence-electron chi connectivity index (χ0n) is 13.9. The van der Waals surface area contributed by atoms with Crippen molar-refractivity contribution in [3.05, 3.63) is 42.0 Å². The summed E-state index contributed by atoms with van der Waals surface area (Å²) < 4.78 is 0. The molecule has 0 radical (unpaired) electrons. The van der Waals surface area contributed by atoms with Gasteiger partial charge in [-0.1, -0.05) is 63.6 Å². The zero-order valence-corrected chi connectivity index (χ0v) is 13.9. The summed E-state index contributed by atoms with van der Waals surface area (Å²) in [5, 5.41) is 10.8. The van der Waals surface area contributed by atoms with Gasteiger partial charge in [0.15, 0.2) is 0 Å². The molecule has 0 spiro atoms. The Morgan fingerprint density at radius 2 is 1.81 bits per heavy atom. The standard InChI is InChI=1S/C20H30O/c1-14(2)18-11-10-15(3)12-19(18)20(21)13-16(4)17-8-6-5-7-9-17/h5-9,13-15,18-21H,10-12H2,1-4H3/b16-13+/t15-,18-,19-,20+/m1/s1. The van der Waals surface area contributed by atoms with E-state index in [0.717, 1.165) is 12.3 Å². The van der Waals surface area contributed by atoms with Crippen LogP contribution in [-0.2, 0) is 0 Å². The summed E-state index contributed by atoms with van der Waals surface area (Å²) in [7, 11) is 0. The largest absolute Gasteiger partial charge is 0.389 e. The van der Waals surface area contributed by atoms with Crippen LogP contribution in [0.4, 0.5) is 0 Å². The van der Waals surface area contributed by atoms with Crippen molar-refractivity contribution in [1.29, 1.82) is 0 Å². The zero-order chi connectivity index (χ0) is 15.4. The van der Waals surface area contributed by atoms with Gasteiger partial charge in [-0.3, -0.25) is 0 Å². The van der Waals surface area contributed by atoms with E-state index in [-0.39, 0.29) is 6.10 Å². The molecule has 21 heavy (non-hydrogen) atoms. The quantitative estimate of drug-likeness (QED) is 0.810. The van der Waals surface area contributed by atoms with Gasteiger partial charge in [0.1, 0.15) is 0 Å². The number of hydrogen-bond donors (Lipinski definition) is 1. The fourth-order valence-corrected chi connectivity index (χ4v) is 3.85. The number of aliphatic hydroxyl groups is 1. The first-order chi connectivity index (χ1) is 9.99. The maximum absolute atomic E-state index is 10.8. The van der Waals surface area contributed by atoms with Crippen LogP contribution < -0.4 is 0 Å². The van der Waals surface area contributed by atoms with Crippen molar-refractivity contribution in [2.75, 3.05) is 0 Å². The second-order valence-electron chi connectivity index (χ2n) is 7.20. The van der Waals surface area contributed by atoms with Crippen LogP contribution >= 0.6 is 0 Å². The molecule has 0 bridgehead atoms. The normalized spacial score (nSPS) is 28.7. The molecular formula is C20H30O. The Balaban J connectivity index is 2.14. The van der Waals surface area contributed by atoms with Gasteiger partial charge in [0.2, 0.25) is 0 Å². The number of rotatable bonds is 4. The van der Waals surface area contributed by atoms with Crippen LogP contribution in [0.15, 0.2) is 36.4 Å². The molecule has 0 aliphatic heterocycles. The molecule has 1 heteroatoms. The Morgan fingerprint density at radius 1 is 1.14 bits per heavy atom. The van der Waals surface area contributed by atoms with E-state index in [1.54, 1.807) is 0 Å². The van der Waals surface area contributed by atoms with Gasteiger partial charge >= 0.3 is 0 Å². The average molecular weight is 286 g/mol. The lowest BCUT2D eigenvalue weighted by Crippen LogP contribution is -2.35. The molecule has 4 atom stereocenters. The van der Waals surface area contributed by atoms with E-state index in [4.69, 9.17) is 0 Å². The third-order valence-corrected chi connectivity index (χ3v) is 5.16. The van der Waals surface area contributed by atoms with Crippen LogP contribution in [0.25, 0.3) is 5.57 Å². The third kappa shape index (κ3) is 4.20. The summed E-state index contributed by atoms with van der Waals surface area (Å²) in [6.45, 7) is 9.03. The highest BCUT2D eigenvalue weighted by Gasteiger charge is 2.34. The lowest BCUT2D eigenvalue weighted by atomic mass is 9.68. The van der Waals surface area contributed by atoms with Gasteiger partial charge in [0.25, 0.3) is 0 Å². The van der Waals surface area contributed by atoms with Crippen molar-refractivity contribution in [1.82, 2.24) is 0 Å². The van der Waals surface area contributed by atoms with Crippen molar-refractivity contribution < 1.29 is 5.11 Å². The molecule has 0 aromatic heterocycles. The van der Waals surface area contributed by atoms with Crippen LogP contribution in [-0.4, -0.2) is 11.2 Å². The minimum absolute atomic E-state index is 0.319. The molecule has 0 heterocycles. The number of allylic oxidation sites excluding steroid dienone is 1. The second kappa shape index (κ2) is 7.26. The summed E-state index contributed by atoms with van der Waals surface area (Å²) in [6, 6.07) is 10.4. The van der Waals surface area contributed by atoms with E-state index in [1.807, 2.05) is 6.07 Å². The molecule has 0 unspecified atom stereocenters. The summed E-state index contributed by atoms with van der Waals surface area (Å²) >= 11 is 0. The Kier molecular flexibility index (Phi) is 5.64. The lowest BCUT2D eigenvalue weighted by Gasteiger charge is -2.39. The first kappa shape index (κ1) is 16.3. The molecule has 116 valence electrons.